The zero-order chi connectivity index (χ0) is 15.4. The molecule has 1 aromatic rings. The Kier molecular flexibility index (Phi) is 4.94. The van der Waals surface area contributed by atoms with Gasteiger partial charge in [0.05, 0.1) is 11.6 Å². The molecule has 1 amide bonds. The maximum absolute atomic E-state index is 12.4. The van der Waals surface area contributed by atoms with Gasteiger partial charge in [-0.3, -0.25) is 9.69 Å². The highest BCUT2D eigenvalue weighted by molar-refractivity contribution is 5.81. The first-order valence-corrected chi connectivity index (χ1v) is 7.22. The van der Waals surface area contributed by atoms with Crippen LogP contribution in [0.1, 0.15) is 24.1 Å². The molecule has 0 bridgehead atoms. The van der Waals surface area contributed by atoms with Crippen molar-refractivity contribution in [3.63, 3.8) is 0 Å². The minimum Gasteiger partial charge on any atom is -0.347 e. The number of nitriles is 1. The smallest absolute Gasteiger partial charge is 0.240 e. The molecule has 112 valence electrons. The first-order chi connectivity index (χ1) is 10.0. The van der Waals surface area contributed by atoms with Crippen molar-refractivity contribution in [1.29, 1.82) is 5.26 Å². The zero-order valence-electron chi connectivity index (χ0n) is 12.8. The summed E-state index contributed by atoms with van der Waals surface area (Å²) in [6.07, 6.45) is 0. The molecule has 2 rings (SSSR count). The molecule has 1 aliphatic rings. The average molecular weight is 286 g/mol. The van der Waals surface area contributed by atoms with Crippen LogP contribution in [0.15, 0.2) is 24.3 Å². The van der Waals surface area contributed by atoms with Crippen LogP contribution in [0.5, 0.6) is 0 Å². The summed E-state index contributed by atoms with van der Waals surface area (Å²) in [6, 6.07) is 9.74. The Balaban J connectivity index is 2.24. The lowest BCUT2D eigenvalue weighted by atomic mass is 10.0. The monoisotopic (exact) mass is 286 g/mol. The fourth-order valence-electron chi connectivity index (χ4n) is 2.77. The van der Waals surface area contributed by atoms with Gasteiger partial charge >= 0.3 is 0 Å². The summed E-state index contributed by atoms with van der Waals surface area (Å²) in [5.41, 5.74) is 1.73. The van der Waals surface area contributed by atoms with Crippen LogP contribution in [0.4, 0.5) is 0 Å². The molecular formula is C16H22N4O. The van der Waals surface area contributed by atoms with Gasteiger partial charge in [-0.05, 0) is 24.6 Å². The second-order valence-corrected chi connectivity index (χ2v) is 5.60. The van der Waals surface area contributed by atoms with Crippen LogP contribution in [0.25, 0.3) is 0 Å². The molecule has 5 nitrogen and oxygen atoms in total. The fourth-order valence-corrected chi connectivity index (χ4v) is 2.77. The van der Waals surface area contributed by atoms with E-state index >= 15 is 0 Å². The topological polar surface area (TPSA) is 59.4 Å². The van der Waals surface area contributed by atoms with E-state index in [0.717, 1.165) is 18.7 Å². The second-order valence-electron chi connectivity index (χ2n) is 5.60. The van der Waals surface area contributed by atoms with Crippen molar-refractivity contribution in [3.8, 4) is 6.07 Å². The molecule has 5 heteroatoms. The van der Waals surface area contributed by atoms with Crippen molar-refractivity contribution < 1.29 is 4.79 Å². The first kappa shape index (κ1) is 15.5. The van der Waals surface area contributed by atoms with Gasteiger partial charge in [-0.1, -0.05) is 12.1 Å². The van der Waals surface area contributed by atoms with E-state index in [1.165, 1.54) is 0 Å². The molecule has 0 spiro atoms. The number of piperazine rings is 1. The molecular weight excluding hydrogens is 264 g/mol. The number of hydrogen-bond donors (Lipinski definition) is 1. The highest BCUT2D eigenvalue weighted by atomic mass is 16.2. The van der Waals surface area contributed by atoms with E-state index in [-0.39, 0.29) is 18.0 Å². The molecule has 1 fully saturated rings. The van der Waals surface area contributed by atoms with E-state index in [1.807, 2.05) is 18.2 Å². The Labute approximate surface area is 126 Å². The lowest BCUT2D eigenvalue weighted by molar-refractivity contribution is -0.136. The van der Waals surface area contributed by atoms with Gasteiger partial charge in [0.25, 0.3) is 0 Å². The van der Waals surface area contributed by atoms with Crippen LogP contribution in [0.2, 0.25) is 0 Å². The molecule has 0 aliphatic carbocycles. The van der Waals surface area contributed by atoms with Crippen LogP contribution < -0.4 is 5.32 Å². The summed E-state index contributed by atoms with van der Waals surface area (Å²) in [6.45, 7) is 4.46. The summed E-state index contributed by atoms with van der Waals surface area (Å²) < 4.78 is 0. The van der Waals surface area contributed by atoms with E-state index in [4.69, 9.17) is 5.26 Å². The normalized spacial score (nSPS) is 20.6. The molecule has 1 aliphatic heterocycles. The van der Waals surface area contributed by atoms with Gasteiger partial charge in [0.2, 0.25) is 5.91 Å². The van der Waals surface area contributed by atoms with Gasteiger partial charge in [0, 0.05) is 39.8 Å². The Morgan fingerprint density at radius 1 is 1.52 bits per heavy atom. The number of benzene rings is 1. The van der Waals surface area contributed by atoms with Crippen LogP contribution in [-0.2, 0) is 4.79 Å². The molecule has 1 aromatic carbocycles. The van der Waals surface area contributed by atoms with E-state index in [2.05, 4.69) is 23.2 Å². The number of nitrogens with one attached hydrogen (secondary N) is 1. The van der Waals surface area contributed by atoms with Crippen LogP contribution >= 0.6 is 0 Å². The number of carbonyl (C=O) groups is 1. The highest BCUT2D eigenvalue weighted by Crippen LogP contribution is 2.24. The minimum absolute atomic E-state index is 0.106. The van der Waals surface area contributed by atoms with E-state index in [9.17, 15) is 4.79 Å². The molecule has 1 N–H and O–H groups in total. The van der Waals surface area contributed by atoms with Gasteiger partial charge in [-0.15, -0.1) is 0 Å². The number of carbonyl (C=O) groups excluding carboxylic acids is 1. The highest BCUT2D eigenvalue weighted by Gasteiger charge is 2.33. The van der Waals surface area contributed by atoms with Crippen LogP contribution in [-0.4, -0.2) is 55.5 Å². The predicted octanol–water partition coefficient (Wildman–Crippen LogP) is 0.981. The average Bonchev–Trinajstić information content (AvgIpc) is 2.53. The quantitative estimate of drug-likeness (QED) is 0.900. The molecule has 1 saturated heterocycles. The number of amides is 1. The van der Waals surface area contributed by atoms with Gasteiger partial charge in [0.15, 0.2) is 0 Å². The molecule has 0 radical (unpaired) electrons. The third-order valence-electron chi connectivity index (χ3n) is 4.01. The molecule has 2 atom stereocenters. The van der Waals surface area contributed by atoms with Gasteiger partial charge in [-0.25, -0.2) is 0 Å². The number of hydrogen-bond acceptors (Lipinski definition) is 4. The molecule has 0 saturated carbocycles. The predicted molar refractivity (Wildman–Crippen MR) is 81.6 cm³/mol. The fraction of sp³-hybridized carbons (Fsp3) is 0.500. The maximum atomic E-state index is 12.4. The summed E-state index contributed by atoms with van der Waals surface area (Å²) in [5, 5.41) is 12.3. The van der Waals surface area contributed by atoms with E-state index in [1.54, 1.807) is 25.1 Å². The summed E-state index contributed by atoms with van der Waals surface area (Å²) >= 11 is 0. The number of likely N-dealkylation sites (N-methyl/N-ethyl adjacent to an activating group) is 1. The minimum atomic E-state index is -0.158. The van der Waals surface area contributed by atoms with Gasteiger partial charge in [0.1, 0.15) is 6.04 Å². The summed E-state index contributed by atoms with van der Waals surface area (Å²) in [7, 11) is 3.58. The lowest BCUT2D eigenvalue weighted by Gasteiger charge is -2.40. The van der Waals surface area contributed by atoms with Crippen molar-refractivity contribution in [3.05, 3.63) is 35.4 Å². The van der Waals surface area contributed by atoms with Gasteiger partial charge < -0.3 is 10.2 Å². The molecule has 1 heterocycles. The van der Waals surface area contributed by atoms with Gasteiger partial charge in [-0.2, -0.15) is 5.26 Å². The number of rotatable bonds is 3. The molecule has 21 heavy (non-hydrogen) atoms. The Hall–Kier alpha value is -1.90. The van der Waals surface area contributed by atoms with Crippen molar-refractivity contribution >= 4 is 5.91 Å². The maximum Gasteiger partial charge on any atom is 0.240 e. The van der Waals surface area contributed by atoms with E-state index in [0.29, 0.717) is 12.1 Å². The molecule has 2 unspecified atom stereocenters. The Bertz CT molecular complexity index is 549. The zero-order valence-corrected chi connectivity index (χ0v) is 12.8. The largest absolute Gasteiger partial charge is 0.347 e. The summed E-state index contributed by atoms with van der Waals surface area (Å²) in [5.74, 6) is 0.116. The Morgan fingerprint density at radius 3 is 2.95 bits per heavy atom. The van der Waals surface area contributed by atoms with Crippen molar-refractivity contribution in [2.75, 3.05) is 33.7 Å². The first-order valence-electron chi connectivity index (χ1n) is 7.22. The number of nitrogens with zero attached hydrogens (tertiary/aromatic N) is 3. The Morgan fingerprint density at radius 2 is 2.29 bits per heavy atom. The van der Waals surface area contributed by atoms with Crippen molar-refractivity contribution in [1.82, 2.24) is 15.1 Å². The third kappa shape index (κ3) is 3.41. The standard InChI is InChI=1S/C16H22N4O/c1-12(14-6-4-5-13(9-14)10-17)20-8-7-18-11-15(20)16(21)19(2)3/h4-6,9,12,15,18H,7-8,11H2,1-3H3. The van der Waals surface area contributed by atoms with Crippen molar-refractivity contribution in [2.45, 2.75) is 19.0 Å². The van der Waals surface area contributed by atoms with E-state index < -0.39 is 0 Å². The molecule has 0 aromatic heterocycles. The van der Waals surface area contributed by atoms with Crippen LogP contribution in [0.3, 0.4) is 0 Å². The SMILES string of the molecule is CC(c1cccc(C#N)c1)N1CCNCC1C(=O)N(C)C. The lowest BCUT2D eigenvalue weighted by Crippen LogP contribution is -2.58. The van der Waals surface area contributed by atoms with Crippen LogP contribution in [0, 0.1) is 11.3 Å². The third-order valence-corrected chi connectivity index (χ3v) is 4.01. The second kappa shape index (κ2) is 6.70. The summed E-state index contributed by atoms with van der Waals surface area (Å²) in [4.78, 5) is 16.2. The van der Waals surface area contributed by atoms with Crippen molar-refractivity contribution in [2.24, 2.45) is 0 Å².